The van der Waals surface area contributed by atoms with Crippen molar-refractivity contribution in [2.75, 3.05) is 6.54 Å². The summed E-state index contributed by atoms with van der Waals surface area (Å²) in [5, 5.41) is 5.32. The normalized spacial score (nSPS) is 20.4. The van der Waals surface area contributed by atoms with Crippen LogP contribution in [0.25, 0.3) is 0 Å². The Kier molecular flexibility index (Phi) is 2.84. The van der Waals surface area contributed by atoms with Gasteiger partial charge in [-0.15, -0.1) is 11.3 Å². The second-order valence-corrected chi connectivity index (χ2v) is 4.59. The lowest BCUT2D eigenvalue weighted by atomic mass is 9.94. The van der Waals surface area contributed by atoms with E-state index in [-0.39, 0.29) is 12.5 Å². The number of rotatable bonds is 3. The van der Waals surface area contributed by atoms with Crippen molar-refractivity contribution >= 4 is 17.2 Å². The van der Waals surface area contributed by atoms with Crippen LogP contribution in [0.3, 0.4) is 0 Å². The molecule has 0 spiro atoms. The van der Waals surface area contributed by atoms with Crippen molar-refractivity contribution in [1.82, 2.24) is 5.32 Å². The number of carbonyl (C=O) groups is 1. The summed E-state index contributed by atoms with van der Waals surface area (Å²) in [4.78, 5) is 12.1. The second kappa shape index (κ2) is 4.11. The molecule has 3 N–H and O–H groups in total. The molecule has 1 heterocycles. The molecule has 0 radical (unpaired) electrons. The minimum absolute atomic E-state index is 0.278. The number of fused-ring (bicyclic) bond motifs is 1. The lowest BCUT2D eigenvalue weighted by molar-refractivity contribution is -0.117. The van der Waals surface area contributed by atoms with Gasteiger partial charge < -0.3 is 11.1 Å². The number of aryl methyl sites for hydroxylation is 1. The Balaban J connectivity index is 2.05. The van der Waals surface area contributed by atoms with Crippen LogP contribution in [0.1, 0.15) is 29.3 Å². The summed E-state index contributed by atoms with van der Waals surface area (Å²) in [5.74, 6) is -0.285. The number of amides is 1. The molecule has 0 saturated carbocycles. The number of thiophene rings is 1. The highest BCUT2D eigenvalue weighted by molar-refractivity contribution is 7.10. The van der Waals surface area contributed by atoms with E-state index >= 15 is 0 Å². The molecule has 0 fully saturated rings. The van der Waals surface area contributed by atoms with Crippen molar-refractivity contribution in [3.05, 3.63) is 21.9 Å². The minimum atomic E-state index is -0.285. The predicted octanol–water partition coefficient (Wildman–Crippen LogP) is 1.20. The van der Waals surface area contributed by atoms with Crippen LogP contribution in [0.2, 0.25) is 0 Å². The third kappa shape index (κ3) is 1.96. The van der Waals surface area contributed by atoms with E-state index in [1.165, 1.54) is 23.3 Å². The van der Waals surface area contributed by atoms with Crippen molar-refractivity contribution in [2.24, 2.45) is 5.73 Å². The summed E-state index contributed by atoms with van der Waals surface area (Å²) in [7, 11) is 0. The smallest absolute Gasteiger partial charge is 0.231 e. The van der Waals surface area contributed by atoms with Crippen molar-refractivity contribution < 1.29 is 4.79 Å². The Hall–Kier alpha value is -0.870. The van der Waals surface area contributed by atoms with E-state index in [0.717, 1.165) is 6.42 Å². The number of hydrogen-bond donors (Lipinski definition) is 2. The van der Waals surface area contributed by atoms with Gasteiger partial charge in [0.25, 0.3) is 0 Å². The Morgan fingerprint density at radius 3 is 3.36 bits per heavy atom. The average Bonchev–Trinajstić information content (AvgIpc) is 2.62. The molecule has 1 unspecified atom stereocenters. The quantitative estimate of drug-likeness (QED) is 0.787. The van der Waals surface area contributed by atoms with Gasteiger partial charge in [-0.1, -0.05) is 0 Å². The SMILES string of the molecule is NC(=O)CNC1CCCc2sccc21. The summed E-state index contributed by atoms with van der Waals surface area (Å²) < 4.78 is 0. The molecule has 1 atom stereocenters. The van der Waals surface area contributed by atoms with E-state index < -0.39 is 0 Å². The summed E-state index contributed by atoms with van der Waals surface area (Å²) in [6, 6.07) is 2.48. The molecule has 4 heteroatoms. The Bertz CT molecular complexity index is 335. The van der Waals surface area contributed by atoms with Gasteiger partial charge in [0.2, 0.25) is 5.91 Å². The number of primary amides is 1. The van der Waals surface area contributed by atoms with Crippen molar-refractivity contribution in [3.8, 4) is 0 Å². The summed E-state index contributed by atoms with van der Waals surface area (Å²) >= 11 is 1.81. The second-order valence-electron chi connectivity index (χ2n) is 3.59. The largest absolute Gasteiger partial charge is 0.369 e. The summed E-state index contributed by atoms with van der Waals surface area (Å²) in [6.07, 6.45) is 3.49. The molecule has 1 aliphatic rings. The number of nitrogens with two attached hydrogens (primary N) is 1. The molecule has 76 valence electrons. The van der Waals surface area contributed by atoms with Crippen LogP contribution in [0, 0.1) is 0 Å². The van der Waals surface area contributed by atoms with Crippen LogP contribution in [-0.2, 0) is 11.2 Å². The first kappa shape index (κ1) is 9.68. The fraction of sp³-hybridized carbons (Fsp3) is 0.500. The maximum atomic E-state index is 10.7. The van der Waals surface area contributed by atoms with Crippen LogP contribution in [-0.4, -0.2) is 12.5 Å². The highest BCUT2D eigenvalue weighted by Gasteiger charge is 2.20. The molecule has 1 aromatic heterocycles. The summed E-state index contributed by atoms with van der Waals surface area (Å²) in [5.41, 5.74) is 6.47. The molecule has 1 amide bonds. The lowest BCUT2D eigenvalue weighted by Crippen LogP contribution is -2.32. The van der Waals surface area contributed by atoms with Crippen LogP contribution in [0.4, 0.5) is 0 Å². The standard InChI is InChI=1S/C10H14N2OS/c11-10(13)6-12-8-2-1-3-9-7(8)4-5-14-9/h4-5,8,12H,1-3,6H2,(H2,11,13). The zero-order chi connectivity index (χ0) is 9.97. The maximum Gasteiger partial charge on any atom is 0.231 e. The van der Waals surface area contributed by atoms with Crippen LogP contribution in [0.5, 0.6) is 0 Å². The van der Waals surface area contributed by atoms with E-state index in [1.54, 1.807) is 0 Å². The fourth-order valence-corrected chi connectivity index (χ4v) is 2.91. The molecule has 0 aromatic carbocycles. The van der Waals surface area contributed by atoms with E-state index in [1.807, 2.05) is 11.3 Å². The van der Waals surface area contributed by atoms with Gasteiger partial charge >= 0.3 is 0 Å². The summed E-state index contributed by atoms with van der Waals surface area (Å²) in [6.45, 7) is 0.278. The van der Waals surface area contributed by atoms with Gasteiger partial charge in [0, 0.05) is 10.9 Å². The van der Waals surface area contributed by atoms with Gasteiger partial charge in [-0.25, -0.2) is 0 Å². The molecule has 0 bridgehead atoms. The van der Waals surface area contributed by atoms with Gasteiger partial charge in [-0.2, -0.15) is 0 Å². The van der Waals surface area contributed by atoms with Crippen LogP contribution in [0.15, 0.2) is 11.4 Å². The number of hydrogen-bond acceptors (Lipinski definition) is 3. The zero-order valence-corrected chi connectivity index (χ0v) is 8.77. The first-order valence-corrected chi connectivity index (χ1v) is 5.73. The highest BCUT2D eigenvalue weighted by Crippen LogP contribution is 2.32. The fourth-order valence-electron chi connectivity index (χ4n) is 1.92. The van der Waals surface area contributed by atoms with Crippen LogP contribution >= 0.6 is 11.3 Å². The number of carbonyl (C=O) groups excluding carboxylic acids is 1. The molecular formula is C10H14N2OS. The monoisotopic (exact) mass is 210 g/mol. The molecule has 0 aliphatic heterocycles. The molecule has 3 nitrogen and oxygen atoms in total. The van der Waals surface area contributed by atoms with Crippen LogP contribution < -0.4 is 11.1 Å². The van der Waals surface area contributed by atoms with E-state index in [0.29, 0.717) is 6.04 Å². The number of nitrogens with one attached hydrogen (secondary N) is 1. The minimum Gasteiger partial charge on any atom is -0.369 e. The van der Waals surface area contributed by atoms with Crippen molar-refractivity contribution in [2.45, 2.75) is 25.3 Å². The Morgan fingerprint density at radius 1 is 1.71 bits per heavy atom. The van der Waals surface area contributed by atoms with E-state index in [9.17, 15) is 4.79 Å². The molecule has 0 saturated heterocycles. The van der Waals surface area contributed by atoms with Gasteiger partial charge in [-0.3, -0.25) is 4.79 Å². The molecule has 14 heavy (non-hydrogen) atoms. The molecule has 1 aromatic rings. The van der Waals surface area contributed by atoms with Gasteiger partial charge in [0.05, 0.1) is 6.54 Å². The van der Waals surface area contributed by atoms with Crippen molar-refractivity contribution in [3.63, 3.8) is 0 Å². The zero-order valence-electron chi connectivity index (χ0n) is 7.95. The third-order valence-electron chi connectivity index (χ3n) is 2.57. The van der Waals surface area contributed by atoms with E-state index in [4.69, 9.17) is 5.73 Å². The first-order valence-electron chi connectivity index (χ1n) is 4.85. The lowest BCUT2D eigenvalue weighted by Gasteiger charge is -2.23. The van der Waals surface area contributed by atoms with Crippen molar-refractivity contribution in [1.29, 1.82) is 0 Å². The van der Waals surface area contributed by atoms with Gasteiger partial charge in [0.15, 0.2) is 0 Å². The topological polar surface area (TPSA) is 55.1 Å². The Labute approximate surface area is 87.3 Å². The maximum absolute atomic E-state index is 10.7. The third-order valence-corrected chi connectivity index (χ3v) is 3.57. The first-order chi connectivity index (χ1) is 6.77. The molecule has 1 aliphatic carbocycles. The molecular weight excluding hydrogens is 196 g/mol. The average molecular weight is 210 g/mol. The van der Waals surface area contributed by atoms with Gasteiger partial charge in [0.1, 0.15) is 0 Å². The Morgan fingerprint density at radius 2 is 2.57 bits per heavy atom. The predicted molar refractivity (Wildman–Crippen MR) is 57.2 cm³/mol. The van der Waals surface area contributed by atoms with Gasteiger partial charge in [-0.05, 0) is 36.3 Å². The van der Waals surface area contributed by atoms with E-state index in [2.05, 4.69) is 16.8 Å². The molecule has 2 rings (SSSR count). The highest BCUT2D eigenvalue weighted by atomic mass is 32.1.